The van der Waals surface area contributed by atoms with E-state index in [0.717, 1.165) is 13.1 Å². The van der Waals surface area contributed by atoms with Crippen LogP contribution in [0.5, 0.6) is 0 Å². The lowest BCUT2D eigenvalue weighted by molar-refractivity contribution is 0.667. The van der Waals surface area contributed by atoms with Gasteiger partial charge in [-0.1, -0.05) is 6.08 Å². The van der Waals surface area contributed by atoms with E-state index in [-0.39, 0.29) is 0 Å². The lowest BCUT2D eigenvalue weighted by Gasteiger charge is -1.98. The van der Waals surface area contributed by atoms with Gasteiger partial charge in [0.1, 0.15) is 0 Å². The first-order valence-corrected chi connectivity index (χ1v) is 2.53. The van der Waals surface area contributed by atoms with Crippen LogP contribution < -0.4 is 11.1 Å². The average Bonchev–Trinajstić information content (AvgIpc) is 2.14. The van der Waals surface area contributed by atoms with Gasteiger partial charge in [-0.05, 0) is 6.20 Å². The highest BCUT2D eigenvalue weighted by Gasteiger charge is 2.03. The van der Waals surface area contributed by atoms with Crippen LogP contribution in [-0.4, -0.2) is 13.1 Å². The molecular formula is C5H10N2. The second-order valence-electron chi connectivity index (χ2n) is 1.76. The maximum Gasteiger partial charge on any atom is 0.0217 e. The van der Waals surface area contributed by atoms with E-state index < -0.39 is 0 Å². The predicted octanol–water partition coefficient (Wildman–Crippen LogP) is -0.322. The van der Waals surface area contributed by atoms with Crippen molar-refractivity contribution in [1.82, 2.24) is 5.32 Å². The molecule has 3 N–H and O–H groups in total. The summed E-state index contributed by atoms with van der Waals surface area (Å²) in [6, 6.07) is 0. The molecule has 2 nitrogen and oxygen atoms in total. The molecule has 1 aliphatic heterocycles. The van der Waals surface area contributed by atoms with Crippen LogP contribution in [0.3, 0.4) is 0 Å². The largest absolute Gasteiger partial charge is 0.390 e. The number of nitrogens with one attached hydrogen (secondary N) is 1. The standard InChI is InChI=1S/C5H10N2/c6-3-5-1-2-7-4-5/h1-2,5,7H,3-4,6H2/t5-/m1/s1. The lowest BCUT2D eigenvalue weighted by Crippen LogP contribution is -2.17. The Balaban J connectivity index is 2.28. The molecule has 0 aromatic heterocycles. The molecule has 0 saturated heterocycles. The van der Waals surface area contributed by atoms with Crippen molar-refractivity contribution in [3.63, 3.8) is 0 Å². The molecule has 0 bridgehead atoms. The summed E-state index contributed by atoms with van der Waals surface area (Å²) in [4.78, 5) is 0. The van der Waals surface area contributed by atoms with Gasteiger partial charge < -0.3 is 11.1 Å². The maximum absolute atomic E-state index is 5.34. The third-order valence-corrected chi connectivity index (χ3v) is 1.17. The van der Waals surface area contributed by atoms with Crippen LogP contribution in [0.4, 0.5) is 0 Å². The van der Waals surface area contributed by atoms with E-state index in [0.29, 0.717) is 5.92 Å². The quantitative estimate of drug-likeness (QED) is 0.471. The fourth-order valence-electron chi connectivity index (χ4n) is 0.653. The topological polar surface area (TPSA) is 38.0 Å². The number of hydrogen-bond acceptors (Lipinski definition) is 2. The molecular weight excluding hydrogens is 88.1 g/mol. The van der Waals surface area contributed by atoms with Crippen LogP contribution in [0, 0.1) is 5.92 Å². The Kier molecular flexibility index (Phi) is 1.32. The van der Waals surface area contributed by atoms with Crippen molar-refractivity contribution in [3.05, 3.63) is 12.3 Å². The molecule has 0 spiro atoms. The van der Waals surface area contributed by atoms with E-state index >= 15 is 0 Å². The Morgan fingerprint density at radius 2 is 2.71 bits per heavy atom. The molecule has 0 fully saturated rings. The number of nitrogens with two attached hydrogens (primary N) is 1. The Morgan fingerprint density at radius 3 is 3.00 bits per heavy atom. The molecule has 7 heavy (non-hydrogen) atoms. The fourth-order valence-corrected chi connectivity index (χ4v) is 0.653. The normalized spacial score (nSPS) is 27.9. The van der Waals surface area contributed by atoms with Crippen LogP contribution in [-0.2, 0) is 0 Å². The monoisotopic (exact) mass is 98.1 g/mol. The van der Waals surface area contributed by atoms with Crippen molar-refractivity contribution in [2.45, 2.75) is 0 Å². The van der Waals surface area contributed by atoms with Gasteiger partial charge in [0.15, 0.2) is 0 Å². The Labute approximate surface area is 43.4 Å². The molecule has 1 heterocycles. The molecule has 1 aliphatic rings. The van der Waals surface area contributed by atoms with Crippen molar-refractivity contribution in [3.8, 4) is 0 Å². The van der Waals surface area contributed by atoms with Crippen molar-refractivity contribution < 1.29 is 0 Å². The predicted molar refractivity (Wildman–Crippen MR) is 29.7 cm³/mol. The van der Waals surface area contributed by atoms with Gasteiger partial charge in [-0.2, -0.15) is 0 Å². The highest BCUT2D eigenvalue weighted by molar-refractivity contribution is 4.95. The van der Waals surface area contributed by atoms with E-state index in [1.54, 1.807) is 0 Å². The number of rotatable bonds is 1. The zero-order valence-corrected chi connectivity index (χ0v) is 4.22. The van der Waals surface area contributed by atoms with Gasteiger partial charge in [-0.15, -0.1) is 0 Å². The Hall–Kier alpha value is -0.500. The molecule has 1 atom stereocenters. The minimum absolute atomic E-state index is 0.583. The van der Waals surface area contributed by atoms with Gasteiger partial charge in [-0.25, -0.2) is 0 Å². The summed E-state index contributed by atoms with van der Waals surface area (Å²) in [5.74, 6) is 0.583. The van der Waals surface area contributed by atoms with E-state index in [1.807, 2.05) is 6.20 Å². The summed E-state index contributed by atoms with van der Waals surface area (Å²) < 4.78 is 0. The van der Waals surface area contributed by atoms with E-state index in [2.05, 4.69) is 11.4 Å². The smallest absolute Gasteiger partial charge is 0.0217 e. The summed E-state index contributed by atoms with van der Waals surface area (Å²) in [6.45, 7) is 1.79. The van der Waals surface area contributed by atoms with Crippen LogP contribution in [0.15, 0.2) is 12.3 Å². The third kappa shape index (κ3) is 0.933. The van der Waals surface area contributed by atoms with Crippen LogP contribution >= 0.6 is 0 Å². The summed E-state index contributed by atoms with van der Waals surface area (Å²) >= 11 is 0. The molecule has 0 unspecified atom stereocenters. The lowest BCUT2D eigenvalue weighted by atomic mass is 10.2. The van der Waals surface area contributed by atoms with Crippen molar-refractivity contribution in [2.75, 3.05) is 13.1 Å². The molecule has 0 saturated carbocycles. The molecule has 0 amide bonds. The van der Waals surface area contributed by atoms with E-state index in [9.17, 15) is 0 Å². The summed E-state index contributed by atoms with van der Waals surface area (Å²) in [5, 5.41) is 3.06. The van der Waals surface area contributed by atoms with Crippen molar-refractivity contribution in [2.24, 2.45) is 11.7 Å². The van der Waals surface area contributed by atoms with Gasteiger partial charge in [0.05, 0.1) is 0 Å². The zero-order chi connectivity index (χ0) is 5.11. The van der Waals surface area contributed by atoms with Gasteiger partial charge >= 0.3 is 0 Å². The molecule has 0 aromatic carbocycles. The minimum Gasteiger partial charge on any atom is -0.390 e. The van der Waals surface area contributed by atoms with Gasteiger partial charge in [0, 0.05) is 19.0 Å². The molecule has 0 aliphatic carbocycles. The minimum atomic E-state index is 0.583. The highest BCUT2D eigenvalue weighted by Crippen LogP contribution is 1.98. The highest BCUT2D eigenvalue weighted by atomic mass is 14.9. The first-order chi connectivity index (χ1) is 3.43. The van der Waals surface area contributed by atoms with Gasteiger partial charge in [-0.3, -0.25) is 0 Å². The average molecular weight is 98.1 g/mol. The fraction of sp³-hybridized carbons (Fsp3) is 0.600. The van der Waals surface area contributed by atoms with E-state index in [4.69, 9.17) is 5.73 Å². The van der Waals surface area contributed by atoms with Crippen molar-refractivity contribution in [1.29, 1.82) is 0 Å². The van der Waals surface area contributed by atoms with E-state index in [1.165, 1.54) is 0 Å². The summed E-state index contributed by atoms with van der Waals surface area (Å²) in [7, 11) is 0. The SMILES string of the molecule is NC[C@H]1C=CNC1. The first kappa shape index (κ1) is 4.65. The molecule has 0 radical (unpaired) electrons. The summed E-state index contributed by atoms with van der Waals surface area (Å²) in [5.41, 5.74) is 5.34. The Morgan fingerprint density at radius 1 is 1.86 bits per heavy atom. The van der Waals surface area contributed by atoms with Gasteiger partial charge in [0.2, 0.25) is 0 Å². The second kappa shape index (κ2) is 1.98. The second-order valence-corrected chi connectivity index (χ2v) is 1.76. The number of hydrogen-bond donors (Lipinski definition) is 2. The van der Waals surface area contributed by atoms with Gasteiger partial charge in [0.25, 0.3) is 0 Å². The first-order valence-electron chi connectivity index (χ1n) is 2.53. The third-order valence-electron chi connectivity index (χ3n) is 1.17. The van der Waals surface area contributed by atoms with Crippen molar-refractivity contribution >= 4 is 0 Å². The van der Waals surface area contributed by atoms with Crippen LogP contribution in [0.1, 0.15) is 0 Å². The summed E-state index contributed by atoms with van der Waals surface area (Å²) in [6.07, 6.45) is 4.05. The molecule has 2 heteroatoms. The molecule has 1 rings (SSSR count). The molecule has 40 valence electrons. The molecule has 0 aromatic rings. The maximum atomic E-state index is 5.34. The van der Waals surface area contributed by atoms with Crippen LogP contribution in [0.25, 0.3) is 0 Å². The zero-order valence-electron chi connectivity index (χ0n) is 4.22. The Bertz CT molecular complexity index is 78.1. The van der Waals surface area contributed by atoms with Crippen LogP contribution in [0.2, 0.25) is 0 Å².